The number of anilines is 2. The van der Waals surface area contributed by atoms with E-state index in [-0.39, 0.29) is 15.6 Å². The summed E-state index contributed by atoms with van der Waals surface area (Å²) in [4.78, 5) is 19.3. The van der Waals surface area contributed by atoms with Crippen LogP contribution in [0.1, 0.15) is 15.9 Å². The molecule has 1 aromatic heterocycles. The third-order valence-corrected chi connectivity index (χ3v) is 4.90. The monoisotopic (exact) mass is 438 g/mol. The maximum Gasteiger partial charge on any atom is 0.258 e. The van der Waals surface area contributed by atoms with Crippen LogP contribution in [0.4, 0.5) is 11.4 Å². The summed E-state index contributed by atoms with van der Waals surface area (Å²) in [5.41, 5.74) is 5.06. The zero-order valence-corrected chi connectivity index (χ0v) is 17.2. The molecule has 0 fully saturated rings. The maximum atomic E-state index is 12.7. The first-order chi connectivity index (χ1) is 13.2. The van der Waals surface area contributed by atoms with Crippen molar-refractivity contribution in [3.05, 3.63) is 63.8 Å². The lowest BCUT2D eigenvalue weighted by Crippen LogP contribution is -2.28. The molecule has 0 bridgehead atoms. The minimum absolute atomic E-state index is 0.161. The van der Waals surface area contributed by atoms with Gasteiger partial charge in [-0.2, -0.15) is 0 Å². The van der Waals surface area contributed by atoms with Crippen LogP contribution in [0.15, 0.2) is 42.6 Å². The molecule has 0 atom stereocenters. The van der Waals surface area contributed by atoms with Crippen molar-refractivity contribution in [1.29, 1.82) is 0 Å². The number of pyridine rings is 1. The number of nitrogens with one attached hydrogen (secondary N) is 3. The Morgan fingerprint density at radius 3 is 2.39 bits per heavy atom. The fraction of sp³-hybridized carbons (Fsp3) is 0.111. The number of hydrogen-bond acceptors (Lipinski definition) is 5. The number of benzene rings is 2. The Hall–Kier alpha value is -2.39. The Balaban J connectivity index is 2.03. The van der Waals surface area contributed by atoms with Gasteiger partial charge in [0.25, 0.3) is 5.91 Å². The lowest BCUT2D eigenvalue weighted by atomic mass is 10.1. The van der Waals surface area contributed by atoms with Crippen molar-refractivity contribution in [3.8, 4) is 0 Å². The summed E-state index contributed by atoms with van der Waals surface area (Å²) in [6.07, 6.45) is 2.54. The number of nitrogens with zero attached hydrogens (tertiary/aromatic N) is 1. The van der Waals surface area contributed by atoms with Gasteiger partial charge in [0, 0.05) is 11.6 Å². The number of carbonyl (C=O) groups excluding carboxylic acids is 1. The molecule has 0 saturated carbocycles. The van der Waals surface area contributed by atoms with Gasteiger partial charge in [-0.3, -0.25) is 9.78 Å². The van der Waals surface area contributed by atoms with Gasteiger partial charge >= 0.3 is 0 Å². The van der Waals surface area contributed by atoms with E-state index in [0.717, 1.165) is 11.8 Å². The molecular weight excluding hydrogens is 423 g/mol. The molecule has 0 spiro atoms. The highest BCUT2D eigenvalue weighted by Gasteiger charge is 2.17. The first-order valence-electron chi connectivity index (χ1n) is 8.03. The van der Waals surface area contributed by atoms with E-state index in [0.29, 0.717) is 22.3 Å². The Kier molecular flexibility index (Phi) is 5.76. The molecular formula is C18H16Cl2N4O3S. The van der Waals surface area contributed by atoms with Gasteiger partial charge in [-0.25, -0.2) is 8.42 Å². The van der Waals surface area contributed by atoms with E-state index in [1.54, 1.807) is 30.3 Å². The second kappa shape index (κ2) is 7.92. The summed E-state index contributed by atoms with van der Waals surface area (Å²) in [6.45, 7) is 1.85. The average molecular weight is 439 g/mol. The smallest absolute Gasteiger partial charge is 0.258 e. The first kappa shape index (κ1) is 20.3. The fourth-order valence-corrected chi connectivity index (χ4v) is 3.52. The van der Waals surface area contributed by atoms with Crippen molar-refractivity contribution in [2.45, 2.75) is 6.92 Å². The Morgan fingerprint density at radius 1 is 1.07 bits per heavy atom. The van der Waals surface area contributed by atoms with Crippen LogP contribution < -0.4 is 15.6 Å². The molecule has 0 unspecified atom stereocenters. The van der Waals surface area contributed by atoms with E-state index in [2.05, 4.69) is 20.6 Å². The van der Waals surface area contributed by atoms with E-state index in [1.807, 2.05) is 13.0 Å². The predicted octanol–water partition coefficient (Wildman–Crippen LogP) is 3.98. The van der Waals surface area contributed by atoms with Gasteiger partial charge in [-0.05, 0) is 42.8 Å². The number of carbonyl (C=O) groups is 1. The molecule has 2 aromatic carbocycles. The number of aromatic nitrogens is 1. The van der Waals surface area contributed by atoms with Crippen LogP contribution in [-0.4, -0.2) is 25.6 Å². The van der Waals surface area contributed by atoms with E-state index in [9.17, 15) is 13.2 Å². The number of hydrazine groups is 1. The number of amides is 1. The van der Waals surface area contributed by atoms with Crippen LogP contribution in [0.25, 0.3) is 10.9 Å². The maximum absolute atomic E-state index is 12.7. The molecule has 3 aromatic rings. The summed E-state index contributed by atoms with van der Waals surface area (Å²) in [7, 11) is -3.46. The number of hydrogen-bond donors (Lipinski definition) is 3. The normalized spacial score (nSPS) is 11.4. The topological polar surface area (TPSA) is 100 Å². The Labute approximate surface area is 172 Å². The van der Waals surface area contributed by atoms with Crippen LogP contribution in [0.2, 0.25) is 10.0 Å². The molecule has 28 heavy (non-hydrogen) atoms. The summed E-state index contributed by atoms with van der Waals surface area (Å²) in [6, 6.07) is 10.0. The van der Waals surface area contributed by atoms with Gasteiger partial charge in [0.2, 0.25) is 10.0 Å². The summed E-state index contributed by atoms with van der Waals surface area (Å²) in [5.74, 6) is -0.475. The van der Waals surface area contributed by atoms with Crippen LogP contribution in [0, 0.1) is 6.92 Å². The second-order valence-electron chi connectivity index (χ2n) is 6.12. The highest BCUT2D eigenvalue weighted by molar-refractivity contribution is 7.88. The molecule has 10 heteroatoms. The molecule has 1 heterocycles. The van der Waals surface area contributed by atoms with Crippen molar-refractivity contribution < 1.29 is 13.2 Å². The SMILES string of the molecule is Cc1cc(NC(=O)c2c(Cl)cccc2Cl)c2nccc(NNS(C)(=O)=O)c2c1. The Morgan fingerprint density at radius 2 is 1.75 bits per heavy atom. The lowest BCUT2D eigenvalue weighted by Gasteiger charge is -2.14. The van der Waals surface area contributed by atoms with E-state index in [4.69, 9.17) is 23.2 Å². The standard InChI is InChI=1S/C18H16Cl2N4O3S/c1-10-8-11-14(23-24-28(2,26)27)6-7-21-17(11)15(9-10)22-18(25)16-12(19)4-3-5-13(16)20/h3-9,24H,1-2H3,(H,21,23)(H,22,25). The van der Waals surface area contributed by atoms with Gasteiger partial charge < -0.3 is 10.7 Å². The van der Waals surface area contributed by atoms with E-state index >= 15 is 0 Å². The van der Waals surface area contributed by atoms with Crippen molar-refractivity contribution in [2.75, 3.05) is 17.0 Å². The number of fused-ring (bicyclic) bond motifs is 1. The second-order valence-corrected chi connectivity index (χ2v) is 8.68. The van der Waals surface area contributed by atoms with Crippen LogP contribution in [-0.2, 0) is 10.0 Å². The number of aryl methyl sites for hydroxylation is 1. The lowest BCUT2D eigenvalue weighted by molar-refractivity contribution is 0.102. The van der Waals surface area contributed by atoms with Gasteiger partial charge in [0.05, 0.1) is 38.8 Å². The third-order valence-electron chi connectivity index (χ3n) is 3.80. The molecule has 3 rings (SSSR count). The predicted molar refractivity (Wildman–Crippen MR) is 112 cm³/mol. The average Bonchev–Trinajstić information content (AvgIpc) is 2.59. The zero-order chi connectivity index (χ0) is 20.5. The third kappa shape index (κ3) is 4.53. The molecule has 0 aliphatic rings. The molecule has 0 radical (unpaired) electrons. The minimum atomic E-state index is -3.46. The molecule has 3 N–H and O–H groups in total. The van der Waals surface area contributed by atoms with Crippen LogP contribution >= 0.6 is 23.2 Å². The van der Waals surface area contributed by atoms with Crippen LogP contribution in [0.3, 0.4) is 0 Å². The van der Waals surface area contributed by atoms with Crippen molar-refractivity contribution in [3.63, 3.8) is 0 Å². The Bertz CT molecular complexity index is 1160. The highest BCUT2D eigenvalue weighted by Crippen LogP contribution is 2.31. The fourth-order valence-electron chi connectivity index (χ4n) is 2.65. The molecule has 0 aliphatic carbocycles. The largest absolute Gasteiger partial charge is 0.320 e. The molecule has 146 valence electrons. The van der Waals surface area contributed by atoms with Gasteiger partial charge in [-0.15, -0.1) is 4.83 Å². The number of halogens is 2. The first-order valence-corrected chi connectivity index (χ1v) is 10.7. The number of rotatable bonds is 5. The molecule has 0 saturated heterocycles. The van der Waals surface area contributed by atoms with E-state index < -0.39 is 15.9 Å². The van der Waals surface area contributed by atoms with Crippen molar-refractivity contribution in [1.82, 2.24) is 9.82 Å². The van der Waals surface area contributed by atoms with Crippen LogP contribution in [0.5, 0.6) is 0 Å². The quantitative estimate of drug-likeness (QED) is 0.523. The van der Waals surface area contributed by atoms with Gasteiger partial charge in [0.1, 0.15) is 0 Å². The molecule has 0 aliphatic heterocycles. The minimum Gasteiger partial charge on any atom is -0.320 e. The van der Waals surface area contributed by atoms with Crippen molar-refractivity contribution >= 4 is 61.4 Å². The van der Waals surface area contributed by atoms with Gasteiger partial charge in [0.15, 0.2) is 0 Å². The van der Waals surface area contributed by atoms with E-state index in [1.165, 1.54) is 6.20 Å². The van der Waals surface area contributed by atoms with Gasteiger partial charge in [-0.1, -0.05) is 29.3 Å². The summed E-state index contributed by atoms with van der Waals surface area (Å²) >= 11 is 12.2. The molecule has 7 nitrogen and oxygen atoms in total. The van der Waals surface area contributed by atoms with Crippen molar-refractivity contribution in [2.24, 2.45) is 0 Å². The number of sulfonamides is 1. The summed E-state index contributed by atoms with van der Waals surface area (Å²) < 4.78 is 22.7. The molecule has 1 amide bonds. The highest BCUT2D eigenvalue weighted by atomic mass is 35.5. The summed E-state index contributed by atoms with van der Waals surface area (Å²) in [5, 5.41) is 3.87. The zero-order valence-electron chi connectivity index (χ0n) is 14.9.